The highest BCUT2D eigenvalue weighted by atomic mass is 32.2. The lowest BCUT2D eigenvalue weighted by Gasteiger charge is -2.28. The quantitative estimate of drug-likeness (QED) is 0.438. The van der Waals surface area contributed by atoms with E-state index in [0.717, 1.165) is 42.7 Å². The molecule has 0 spiro atoms. The third kappa shape index (κ3) is 4.47. The van der Waals surface area contributed by atoms with Gasteiger partial charge in [-0.2, -0.15) is 13.2 Å². The Morgan fingerprint density at radius 1 is 1.00 bits per heavy atom. The second kappa shape index (κ2) is 8.30. The molecule has 32 heavy (non-hydrogen) atoms. The van der Waals surface area contributed by atoms with Crippen molar-refractivity contribution in [3.8, 4) is 11.3 Å². The maximum Gasteiger partial charge on any atom is 0.416 e. The van der Waals surface area contributed by atoms with Crippen molar-refractivity contribution in [1.82, 2.24) is 9.97 Å². The van der Waals surface area contributed by atoms with E-state index in [1.165, 1.54) is 25.1 Å². The molecule has 1 atom stereocenters. The molecule has 0 aliphatic carbocycles. The Balaban J connectivity index is 2.11. The summed E-state index contributed by atoms with van der Waals surface area (Å²) in [6.45, 7) is 1.25. The van der Waals surface area contributed by atoms with Crippen molar-refractivity contribution in [3.63, 3.8) is 0 Å². The van der Waals surface area contributed by atoms with Crippen LogP contribution in [0.2, 0.25) is 0 Å². The van der Waals surface area contributed by atoms with Crippen molar-refractivity contribution >= 4 is 15.7 Å². The number of nitrogens with zero attached hydrogens (tertiary/aromatic N) is 2. The van der Waals surface area contributed by atoms with Crippen molar-refractivity contribution in [1.29, 1.82) is 0 Å². The van der Waals surface area contributed by atoms with Gasteiger partial charge in [0.2, 0.25) is 5.91 Å². The number of nitrogens with two attached hydrogens (primary N) is 1. The van der Waals surface area contributed by atoms with Gasteiger partial charge in [-0.3, -0.25) is 4.79 Å². The molecule has 2 N–H and O–H groups in total. The van der Waals surface area contributed by atoms with Gasteiger partial charge in [-0.1, -0.05) is 12.1 Å². The summed E-state index contributed by atoms with van der Waals surface area (Å²) in [4.78, 5) is 19.5. The summed E-state index contributed by atoms with van der Waals surface area (Å²) in [6.07, 6.45) is -4.11. The monoisotopic (exact) mass is 467 g/mol. The number of hydrogen-bond acceptors (Lipinski definition) is 5. The summed E-state index contributed by atoms with van der Waals surface area (Å²) in [6, 6.07) is 9.43. The molecule has 1 heterocycles. The second-order valence-electron chi connectivity index (χ2n) is 7.19. The SMILES string of the molecule is CC(CC(N)=O)(c1cc(-c2ccc(C(F)(F)F)cc2)ncn1)S(=O)(=O)c1ccc(F)cc1. The van der Waals surface area contributed by atoms with Crippen LogP contribution < -0.4 is 5.73 Å². The Kier molecular flexibility index (Phi) is 6.05. The summed E-state index contributed by atoms with van der Waals surface area (Å²) in [5, 5.41) is 0. The van der Waals surface area contributed by atoms with Crippen molar-refractivity contribution < 1.29 is 30.8 Å². The summed E-state index contributed by atoms with van der Waals surface area (Å²) < 4.78 is 76.6. The number of carbonyl (C=O) groups excluding carboxylic acids is 1. The van der Waals surface area contributed by atoms with Gasteiger partial charge in [0.1, 0.15) is 16.9 Å². The number of carbonyl (C=O) groups is 1. The van der Waals surface area contributed by atoms with Gasteiger partial charge in [-0.15, -0.1) is 0 Å². The van der Waals surface area contributed by atoms with Gasteiger partial charge >= 0.3 is 6.18 Å². The Bertz CT molecular complexity index is 1240. The lowest BCUT2D eigenvalue weighted by Crippen LogP contribution is -2.38. The molecule has 6 nitrogen and oxygen atoms in total. The third-order valence-electron chi connectivity index (χ3n) is 4.95. The van der Waals surface area contributed by atoms with Crippen molar-refractivity contribution in [2.45, 2.75) is 29.2 Å². The lowest BCUT2D eigenvalue weighted by atomic mass is 9.99. The molecular formula is C21H17F4N3O3S. The van der Waals surface area contributed by atoms with Gasteiger partial charge in [0.05, 0.1) is 28.3 Å². The first-order valence-corrected chi connectivity index (χ1v) is 10.6. The lowest BCUT2D eigenvalue weighted by molar-refractivity contribution is -0.137. The zero-order valence-electron chi connectivity index (χ0n) is 16.6. The summed E-state index contributed by atoms with van der Waals surface area (Å²) in [5.74, 6) is -1.57. The molecule has 0 saturated heterocycles. The van der Waals surface area contributed by atoms with Crippen LogP contribution in [-0.4, -0.2) is 24.3 Å². The van der Waals surface area contributed by atoms with E-state index in [2.05, 4.69) is 9.97 Å². The van der Waals surface area contributed by atoms with E-state index in [1.54, 1.807) is 0 Å². The highest BCUT2D eigenvalue weighted by Crippen LogP contribution is 2.38. The summed E-state index contributed by atoms with van der Waals surface area (Å²) in [5.41, 5.74) is 4.79. The number of halogens is 4. The molecule has 0 radical (unpaired) electrons. The molecule has 0 fully saturated rings. The van der Waals surface area contributed by atoms with Crippen molar-refractivity contribution in [2.24, 2.45) is 5.73 Å². The molecule has 1 unspecified atom stereocenters. The van der Waals surface area contributed by atoms with Gasteiger partial charge in [0, 0.05) is 5.56 Å². The molecule has 3 rings (SSSR count). The number of alkyl halides is 3. The van der Waals surface area contributed by atoms with E-state index >= 15 is 0 Å². The first kappa shape index (κ1) is 23.3. The maximum absolute atomic E-state index is 13.4. The Morgan fingerprint density at radius 3 is 2.12 bits per heavy atom. The van der Waals surface area contributed by atoms with Crippen molar-refractivity contribution in [2.75, 3.05) is 0 Å². The average molecular weight is 467 g/mol. The first-order chi connectivity index (χ1) is 14.8. The van der Waals surface area contributed by atoms with Crippen LogP contribution in [0.4, 0.5) is 17.6 Å². The molecule has 1 amide bonds. The minimum atomic E-state index is -4.52. The van der Waals surface area contributed by atoms with E-state index in [4.69, 9.17) is 5.73 Å². The highest BCUT2D eigenvalue weighted by Gasteiger charge is 2.45. The number of rotatable bonds is 6. The van der Waals surface area contributed by atoms with Crippen LogP contribution in [0.15, 0.2) is 65.8 Å². The average Bonchev–Trinajstić information content (AvgIpc) is 2.73. The highest BCUT2D eigenvalue weighted by molar-refractivity contribution is 7.92. The van der Waals surface area contributed by atoms with Crippen molar-refractivity contribution in [3.05, 3.63) is 78.0 Å². The number of aromatic nitrogens is 2. The van der Waals surface area contributed by atoms with E-state index in [1.807, 2.05) is 0 Å². The number of primary amides is 1. The number of amides is 1. The van der Waals surface area contributed by atoms with Gasteiger partial charge in [-0.25, -0.2) is 22.8 Å². The summed E-state index contributed by atoms with van der Waals surface area (Å²) in [7, 11) is -4.30. The van der Waals surface area contributed by atoms with Crippen LogP contribution >= 0.6 is 0 Å². The zero-order chi connectivity index (χ0) is 23.7. The van der Waals surface area contributed by atoms with Crippen LogP contribution in [-0.2, 0) is 25.6 Å². The second-order valence-corrected chi connectivity index (χ2v) is 9.57. The molecule has 0 bridgehead atoms. The Hall–Kier alpha value is -3.34. The standard InChI is InChI=1S/C21H17F4N3O3S/c1-20(11-19(26)29,32(30,31)16-8-6-15(22)7-9-16)18-10-17(27-12-28-18)13-2-4-14(5-3-13)21(23,24)25/h2-10,12H,11H2,1H3,(H2,26,29). The minimum absolute atomic E-state index is 0.0921. The largest absolute Gasteiger partial charge is 0.416 e. The fourth-order valence-corrected chi connectivity index (χ4v) is 4.90. The van der Waals surface area contributed by atoms with Crippen LogP contribution in [0.5, 0.6) is 0 Å². The fraction of sp³-hybridized carbons (Fsp3) is 0.190. The Labute approximate surface area is 181 Å². The Morgan fingerprint density at radius 2 is 1.59 bits per heavy atom. The topological polar surface area (TPSA) is 103 Å². The van der Waals surface area contributed by atoms with Gasteiger partial charge in [0.15, 0.2) is 9.84 Å². The van der Waals surface area contributed by atoms with E-state index < -0.39 is 44.5 Å². The molecule has 168 valence electrons. The maximum atomic E-state index is 13.4. The molecule has 0 aliphatic heterocycles. The van der Waals surface area contributed by atoms with E-state index in [0.29, 0.717) is 0 Å². The van der Waals surface area contributed by atoms with Crippen LogP contribution in [0.3, 0.4) is 0 Å². The van der Waals surface area contributed by atoms with E-state index in [-0.39, 0.29) is 21.8 Å². The molecule has 11 heteroatoms. The smallest absolute Gasteiger partial charge is 0.370 e. The van der Waals surface area contributed by atoms with Crippen LogP contribution in [0.1, 0.15) is 24.6 Å². The number of benzene rings is 2. The van der Waals surface area contributed by atoms with Gasteiger partial charge < -0.3 is 5.73 Å². The van der Waals surface area contributed by atoms with Gasteiger partial charge in [0.25, 0.3) is 0 Å². The minimum Gasteiger partial charge on any atom is -0.370 e. The molecule has 0 saturated carbocycles. The molecule has 3 aromatic rings. The first-order valence-electron chi connectivity index (χ1n) is 9.13. The zero-order valence-corrected chi connectivity index (χ0v) is 17.4. The molecule has 0 aliphatic rings. The number of sulfone groups is 1. The predicted molar refractivity (Wildman–Crippen MR) is 107 cm³/mol. The predicted octanol–water partition coefficient (Wildman–Crippen LogP) is 3.87. The van der Waals surface area contributed by atoms with E-state index in [9.17, 15) is 30.8 Å². The van der Waals surface area contributed by atoms with Gasteiger partial charge in [-0.05, 0) is 49.4 Å². The third-order valence-corrected chi connectivity index (χ3v) is 7.38. The molecule has 1 aromatic heterocycles. The van der Waals surface area contributed by atoms with Crippen LogP contribution in [0.25, 0.3) is 11.3 Å². The summed E-state index contributed by atoms with van der Waals surface area (Å²) >= 11 is 0. The molecular weight excluding hydrogens is 450 g/mol. The van der Waals surface area contributed by atoms with Crippen LogP contribution in [0, 0.1) is 5.82 Å². The number of hydrogen-bond donors (Lipinski definition) is 1. The normalized spacial score (nSPS) is 14.0. The fourth-order valence-electron chi connectivity index (χ4n) is 3.16. The molecule has 2 aromatic carbocycles.